The molecule has 2 heterocycles. The molecule has 0 radical (unpaired) electrons. The Morgan fingerprint density at radius 1 is 1.28 bits per heavy atom. The number of halogens is 1. The highest BCUT2D eigenvalue weighted by Gasteiger charge is 2.15. The number of benzene rings is 1. The van der Waals surface area contributed by atoms with Gasteiger partial charge in [0.2, 0.25) is 0 Å². The van der Waals surface area contributed by atoms with Gasteiger partial charge in [-0.15, -0.1) is 0 Å². The zero-order valence-corrected chi connectivity index (χ0v) is 15.0. The van der Waals surface area contributed by atoms with Crippen molar-refractivity contribution < 1.29 is 14.1 Å². The van der Waals surface area contributed by atoms with Crippen molar-refractivity contribution in [1.29, 1.82) is 0 Å². The van der Waals surface area contributed by atoms with Gasteiger partial charge in [0, 0.05) is 23.0 Å². The number of hydrogen-bond donors (Lipinski definition) is 0. The van der Waals surface area contributed by atoms with Crippen LogP contribution >= 0.6 is 23.4 Å². The van der Waals surface area contributed by atoms with Crippen molar-refractivity contribution in [3.05, 3.63) is 76.3 Å². The third-order valence-electron chi connectivity index (χ3n) is 3.28. The number of aryl methyl sites for hydroxylation is 1. The third-order valence-corrected chi connectivity index (χ3v) is 4.56. The molecule has 0 bridgehead atoms. The second-order valence-electron chi connectivity index (χ2n) is 5.28. The first-order chi connectivity index (χ1) is 12.1. The topological polar surface area (TPSA) is 65.2 Å². The van der Waals surface area contributed by atoms with Gasteiger partial charge in [-0.05, 0) is 36.8 Å². The summed E-state index contributed by atoms with van der Waals surface area (Å²) in [6, 6.07) is 12.5. The predicted molar refractivity (Wildman–Crippen MR) is 95.6 cm³/mol. The largest absolute Gasteiger partial charge is 0.457 e. The molecule has 0 saturated heterocycles. The molecule has 0 fully saturated rings. The van der Waals surface area contributed by atoms with Crippen molar-refractivity contribution in [3.63, 3.8) is 0 Å². The van der Waals surface area contributed by atoms with Crippen LogP contribution in [-0.2, 0) is 17.1 Å². The van der Waals surface area contributed by atoms with Crippen LogP contribution in [0.1, 0.15) is 27.4 Å². The summed E-state index contributed by atoms with van der Waals surface area (Å²) in [4.78, 5) is 16.7. The smallest absolute Gasteiger partial charge is 0.341 e. The van der Waals surface area contributed by atoms with Crippen LogP contribution in [-0.4, -0.2) is 16.1 Å². The van der Waals surface area contributed by atoms with Gasteiger partial charge in [-0.2, -0.15) is 0 Å². The number of ether oxygens (including phenoxy) is 1. The molecule has 0 spiro atoms. The predicted octanol–water partition coefficient (Wildman–Crippen LogP) is 4.68. The molecule has 5 nitrogen and oxygen atoms in total. The number of pyridine rings is 1. The summed E-state index contributed by atoms with van der Waals surface area (Å²) < 4.78 is 10.4. The monoisotopic (exact) mass is 374 g/mol. The maximum atomic E-state index is 12.4. The molecule has 0 N–H and O–H groups in total. The molecule has 25 heavy (non-hydrogen) atoms. The Labute approximate surface area is 154 Å². The van der Waals surface area contributed by atoms with Crippen molar-refractivity contribution in [2.45, 2.75) is 24.3 Å². The number of esters is 1. The summed E-state index contributed by atoms with van der Waals surface area (Å²) in [5, 5.41) is 5.14. The molecule has 0 saturated carbocycles. The van der Waals surface area contributed by atoms with Gasteiger partial charge in [-0.1, -0.05) is 40.7 Å². The summed E-state index contributed by atoms with van der Waals surface area (Å²) in [6.07, 6.45) is 1.64. The van der Waals surface area contributed by atoms with E-state index in [9.17, 15) is 4.79 Å². The van der Waals surface area contributed by atoms with E-state index in [-0.39, 0.29) is 6.61 Å². The van der Waals surface area contributed by atoms with E-state index in [1.165, 1.54) is 11.8 Å². The highest BCUT2D eigenvalue weighted by atomic mass is 35.5. The molecule has 1 aromatic carbocycles. The molecular weight excluding hydrogens is 360 g/mol. The lowest BCUT2D eigenvalue weighted by atomic mass is 10.2. The van der Waals surface area contributed by atoms with E-state index in [0.29, 0.717) is 21.4 Å². The van der Waals surface area contributed by atoms with Crippen molar-refractivity contribution >= 4 is 29.3 Å². The summed E-state index contributed by atoms with van der Waals surface area (Å²) >= 11 is 7.35. The van der Waals surface area contributed by atoms with Crippen LogP contribution in [0.15, 0.2) is 58.2 Å². The zero-order chi connectivity index (χ0) is 17.6. The number of carbonyl (C=O) groups is 1. The quantitative estimate of drug-likeness (QED) is 0.461. The maximum absolute atomic E-state index is 12.4. The molecule has 0 aliphatic heterocycles. The van der Waals surface area contributed by atoms with Crippen LogP contribution in [0.4, 0.5) is 0 Å². The zero-order valence-electron chi connectivity index (χ0n) is 13.4. The first-order valence-corrected chi connectivity index (χ1v) is 8.90. The van der Waals surface area contributed by atoms with E-state index in [1.807, 2.05) is 25.1 Å². The highest BCUT2D eigenvalue weighted by Crippen LogP contribution is 2.25. The first kappa shape index (κ1) is 17.5. The van der Waals surface area contributed by atoms with Gasteiger partial charge in [0.15, 0.2) is 0 Å². The van der Waals surface area contributed by atoms with Crippen molar-refractivity contribution in [2.24, 2.45) is 0 Å². The molecule has 3 rings (SSSR count). The third kappa shape index (κ3) is 4.84. The Morgan fingerprint density at radius 3 is 2.92 bits per heavy atom. The van der Waals surface area contributed by atoms with E-state index < -0.39 is 5.97 Å². The average Bonchev–Trinajstić information content (AvgIpc) is 3.03. The van der Waals surface area contributed by atoms with Gasteiger partial charge in [-0.3, -0.25) is 0 Å². The molecule has 128 valence electrons. The minimum atomic E-state index is -0.424. The molecule has 0 amide bonds. The fourth-order valence-electron chi connectivity index (χ4n) is 2.14. The van der Waals surface area contributed by atoms with Gasteiger partial charge in [-0.25, -0.2) is 9.78 Å². The normalized spacial score (nSPS) is 10.6. The Morgan fingerprint density at radius 2 is 2.16 bits per heavy atom. The number of rotatable bonds is 6. The fourth-order valence-corrected chi connectivity index (χ4v) is 3.22. The van der Waals surface area contributed by atoms with Crippen molar-refractivity contribution in [1.82, 2.24) is 10.1 Å². The minimum absolute atomic E-state index is 0.154. The van der Waals surface area contributed by atoms with E-state index in [0.717, 1.165) is 17.0 Å². The number of thioether (sulfide) groups is 1. The van der Waals surface area contributed by atoms with Gasteiger partial charge in [0.25, 0.3) is 0 Å². The molecular formula is C18H15ClN2O3S. The summed E-state index contributed by atoms with van der Waals surface area (Å²) in [6.45, 7) is 1.99. The second kappa shape index (κ2) is 8.18. The Hall–Kier alpha value is -2.31. The highest BCUT2D eigenvalue weighted by molar-refractivity contribution is 7.98. The minimum Gasteiger partial charge on any atom is -0.457 e. The SMILES string of the molecule is Cc1cc(CSc2ncccc2C(=O)OCc2cccc(Cl)c2)no1. The Kier molecular flexibility index (Phi) is 5.73. The van der Waals surface area contributed by atoms with Crippen molar-refractivity contribution in [2.75, 3.05) is 0 Å². The van der Waals surface area contributed by atoms with Crippen LogP contribution in [0.3, 0.4) is 0 Å². The Bertz CT molecular complexity index is 882. The number of nitrogens with zero attached hydrogens (tertiary/aromatic N) is 2. The van der Waals surface area contributed by atoms with Gasteiger partial charge < -0.3 is 9.26 Å². The molecule has 0 aliphatic rings. The van der Waals surface area contributed by atoms with Crippen LogP contribution in [0.5, 0.6) is 0 Å². The van der Waals surface area contributed by atoms with Crippen LogP contribution < -0.4 is 0 Å². The maximum Gasteiger partial charge on any atom is 0.341 e. The van der Waals surface area contributed by atoms with Gasteiger partial charge >= 0.3 is 5.97 Å². The van der Waals surface area contributed by atoms with Gasteiger partial charge in [0.1, 0.15) is 17.4 Å². The number of hydrogen-bond acceptors (Lipinski definition) is 6. The molecule has 0 aliphatic carbocycles. The first-order valence-electron chi connectivity index (χ1n) is 7.53. The Balaban J connectivity index is 1.65. The fraction of sp³-hybridized carbons (Fsp3) is 0.167. The number of aromatic nitrogens is 2. The lowest BCUT2D eigenvalue weighted by Crippen LogP contribution is -2.07. The summed E-state index contributed by atoms with van der Waals surface area (Å²) in [7, 11) is 0. The molecule has 7 heteroatoms. The lowest BCUT2D eigenvalue weighted by Gasteiger charge is -2.08. The molecule has 0 unspecified atom stereocenters. The van der Waals surface area contributed by atoms with E-state index in [4.69, 9.17) is 20.9 Å². The van der Waals surface area contributed by atoms with Crippen LogP contribution in [0.25, 0.3) is 0 Å². The molecule has 2 aromatic heterocycles. The van der Waals surface area contributed by atoms with E-state index in [2.05, 4.69) is 10.1 Å². The summed E-state index contributed by atoms with van der Waals surface area (Å²) in [5.41, 5.74) is 2.05. The summed E-state index contributed by atoms with van der Waals surface area (Å²) in [5.74, 6) is 0.882. The van der Waals surface area contributed by atoms with E-state index >= 15 is 0 Å². The van der Waals surface area contributed by atoms with Crippen LogP contribution in [0, 0.1) is 6.92 Å². The lowest BCUT2D eigenvalue weighted by molar-refractivity contribution is 0.0467. The van der Waals surface area contributed by atoms with Crippen molar-refractivity contribution in [3.8, 4) is 0 Å². The van der Waals surface area contributed by atoms with Gasteiger partial charge in [0.05, 0.1) is 11.3 Å². The van der Waals surface area contributed by atoms with Crippen LogP contribution in [0.2, 0.25) is 5.02 Å². The molecule has 0 atom stereocenters. The average molecular weight is 375 g/mol. The molecule has 3 aromatic rings. The standard InChI is InChI=1S/C18H15ClN2O3S/c1-12-8-15(21-24-12)11-25-17-16(6-3-7-20-17)18(22)23-10-13-4-2-5-14(19)9-13/h2-9H,10-11H2,1H3. The number of carbonyl (C=O) groups excluding carboxylic acids is 1. The van der Waals surface area contributed by atoms with E-state index in [1.54, 1.807) is 30.5 Å². The second-order valence-corrected chi connectivity index (χ2v) is 6.68.